The van der Waals surface area contributed by atoms with Crippen molar-refractivity contribution in [3.63, 3.8) is 0 Å². The first-order chi connectivity index (χ1) is 8.02. The summed E-state index contributed by atoms with van der Waals surface area (Å²) in [5, 5.41) is 3.90. The molecule has 17 heavy (non-hydrogen) atoms. The van der Waals surface area contributed by atoms with E-state index in [1.54, 1.807) is 19.9 Å². The van der Waals surface area contributed by atoms with E-state index in [9.17, 15) is 14.4 Å². The van der Waals surface area contributed by atoms with E-state index in [2.05, 4.69) is 9.84 Å². The first-order valence-corrected chi connectivity index (χ1v) is 5.25. The SMILES string of the molecule is CCOC(=O)CC(=O)Cn1nc(C)ccc1=O. The van der Waals surface area contributed by atoms with Crippen molar-refractivity contribution >= 4 is 11.8 Å². The number of nitrogens with zero attached hydrogens (tertiary/aromatic N) is 2. The number of hydrogen-bond donors (Lipinski definition) is 0. The van der Waals surface area contributed by atoms with Crippen LogP contribution in [0, 0.1) is 6.92 Å². The predicted molar refractivity (Wildman–Crippen MR) is 59.5 cm³/mol. The molecule has 0 aliphatic heterocycles. The third kappa shape index (κ3) is 4.18. The summed E-state index contributed by atoms with van der Waals surface area (Å²) in [6, 6.07) is 2.90. The van der Waals surface area contributed by atoms with E-state index in [-0.39, 0.29) is 25.1 Å². The van der Waals surface area contributed by atoms with Gasteiger partial charge in [-0.25, -0.2) is 4.68 Å². The smallest absolute Gasteiger partial charge is 0.313 e. The standard InChI is InChI=1S/C11H14N2O4/c1-3-17-11(16)6-9(14)7-13-10(15)5-4-8(2)12-13/h4-5H,3,6-7H2,1-2H3. The molecular weight excluding hydrogens is 224 g/mol. The highest BCUT2D eigenvalue weighted by atomic mass is 16.5. The molecule has 0 saturated heterocycles. The predicted octanol–water partition coefficient (Wildman–Crippen LogP) is 0.0740. The number of esters is 1. The van der Waals surface area contributed by atoms with Crippen molar-refractivity contribution in [2.75, 3.05) is 6.61 Å². The van der Waals surface area contributed by atoms with Gasteiger partial charge >= 0.3 is 5.97 Å². The molecule has 6 nitrogen and oxygen atoms in total. The minimum atomic E-state index is -0.585. The molecule has 0 spiro atoms. The van der Waals surface area contributed by atoms with E-state index in [1.165, 1.54) is 6.07 Å². The molecule has 0 aromatic carbocycles. The van der Waals surface area contributed by atoms with E-state index in [0.717, 1.165) is 4.68 Å². The Morgan fingerprint density at radius 3 is 2.76 bits per heavy atom. The second-order valence-corrected chi connectivity index (χ2v) is 3.49. The van der Waals surface area contributed by atoms with Crippen LogP contribution >= 0.6 is 0 Å². The van der Waals surface area contributed by atoms with Crippen molar-refractivity contribution in [1.29, 1.82) is 0 Å². The normalized spacial score (nSPS) is 10.0. The fraction of sp³-hybridized carbons (Fsp3) is 0.455. The van der Waals surface area contributed by atoms with Gasteiger partial charge in [-0.2, -0.15) is 5.10 Å². The Kier molecular flexibility index (Phi) is 4.56. The molecule has 0 aliphatic carbocycles. The summed E-state index contributed by atoms with van der Waals surface area (Å²) < 4.78 is 5.68. The quantitative estimate of drug-likeness (QED) is 0.536. The molecule has 92 valence electrons. The van der Waals surface area contributed by atoms with Crippen LogP contribution in [-0.4, -0.2) is 28.1 Å². The van der Waals surface area contributed by atoms with Crippen LogP contribution in [0.1, 0.15) is 19.0 Å². The van der Waals surface area contributed by atoms with Gasteiger partial charge in [-0.05, 0) is 19.9 Å². The number of carbonyl (C=O) groups excluding carboxylic acids is 2. The van der Waals surface area contributed by atoms with Gasteiger partial charge in [0.25, 0.3) is 5.56 Å². The number of hydrogen-bond acceptors (Lipinski definition) is 5. The Balaban J connectivity index is 2.65. The average molecular weight is 238 g/mol. The van der Waals surface area contributed by atoms with Crippen molar-refractivity contribution in [3.8, 4) is 0 Å². The molecule has 0 unspecified atom stereocenters. The zero-order chi connectivity index (χ0) is 12.8. The lowest BCUT2D eigenvalue weighted by molar-refractivity contribution is -0.145. The third-order valence-electron chi connectivity index (χ3n) is 1.97. The van der Waals surface area contributed by atoms with E-state index in [1.807, 2.05) is 0 Å². The molecule has 0 radical (unpaired) electrons. The summed E-state index contributed by atoms with van der Waals surface area (Å²) in [6.07, 6.45) is -0.337. The maximum Gasteiger partial charge on any atom is 0.313 e. The molecule has 1 rings (SSSR count). The number of rotatable bonds is 5. The van der Waals surface area contributed by atoms with Gasteiger partial charge in [-0.15, -0.1) is 0 Å². The largest absolute Gasteiger partial charge is 0.466 e. The van der Waals surface area contributed by atoms with E-state index in [4.69, 9.17) is 0 Å². The summed E-state index contributed by atoms with van der Waals surface area (Å²) in [6.45, 7) is 3.40. The monoisotopic (exact) mass is 238 g/mol. The highest BCUT2D eigenvalue weighted by molar-refractivity contribution is 5.95. The van der Waals surface area contributed by atoms with Crippen molar-refractivity contribution in [1.82, 2.24) is 9.78 Å². The average Bonchev–Trinajstić information content (AvgIpc) is 2.23. The second-order valence-electron chi connectivity index (χ2n) is 3.49. The molecule has 0 aliphatic rings. The number of Topliss-reactive ketones (excluding diaryl/α,β-unsaturated/α-hetero) is 1. The first kappa shape index (κ1) is 13.1. The van der Waals surface area contributed by atoms with Gasteiger partial charge in [0.2, 0.25) is 0 Å². The summed E-state index contributed by atoms with van der Waals surface area (Å²) in [7, 11) is 0. The van der Waals surface area contributed by atoms with Crippen molar-refractivity contribution < 1.29 is 14.3 Å². The third-order valence-corrected chi connectivity index (χ3v) is 1.97. The Morgan fingerprint density at radius 1 is 1.41 bits per heavy atom. The summed E-state index contributed by atoms with van der Waals surface area (Å²) >= 11 is 0. The maximum atomic E-state index is 11.5. The zero-order valence-corrected chi connectivity index (χ0v) is 9.80. The lowest BCUT2D eigenvalue weighted by Gasteiger charge is -2.04. The Labute approximate surface area is 98.2 Å². The molecule has 1 heterocycles. The highest BCUT2D eigenvalue weighted by Gasteiger charge is 2.12. The van der Waals surface area contributed by atoms with Crippen LogP contribution in [0.25, 0.3) is 0 Å². The highest BCUT2D eigenvalue weighted by Crippen LogP contribution is 1.92. The van der Waals surface area contributed by atoms with Crippen LogP contribution in [0.15, 0.2) is 16.9 Å². The number of ketones is 1. The molecule has 0 amide bonds. The molecule has 0 bridgehead atoms. The molecule has 1 aromatic rings. The Bertz CT molecular complexity index is 479. The number of carbonyl (C=O) groups is 2. The number of ether oxygens (including phenoxy) is 1. The topological polar surface area (TPSA) is 78.3 Å². The van der Waals surface area contributed by atoms with Gasteiger partial charge in [0.05, 0.1) is 12.3 Å². The summed E-state index contributed by atoms with van der Waals surface area (Å²) in [5.41, 5.74) is 0.265. The molecule has 0 fully saturated rings. The number of aryl methyl sites for hydroxylation is 1. The molecule has 0 saturated carbocycles. The van der Waals surface area contributed by atoms with Gasteiger partial charge in [0, 0.05) is 6.07 Å². The van der Waals surface area contributed by atoms with Crippen molar-refractivity contribution in [3.05, 3.63) is 28.2 Å². The molecule has 6 heteroatoms. The van der Waals surface area contributed by atoms with Crippen LogP contribution in [0.5, 0.6) is 0 Å². The Hall–Kier alpha value is -1.98. The maximum absolute atomic E-state index is 11.5. The molecule has 1 aromatic heterocycles. The minimum absolute atomic E-state index is 0.209. The molecule has 0 atom stereocenters. The van der Waals surface area contributed by atoms with Gasteiger partial charge in [0.1, 0.15) is 13.0 Å². The van der Waals surface area contributed by atoms with Crippen LogP contribution in [0.2, 0.25) is 0 Å². The lowest BCUT2D eigenvalue weighted by Crippen LogP contribution is -2.27. The fourth-order valence-corrected chi connectivity index (χ4v) is 1.26. The second kappa shape index (κ2) is 5.93. The molecular formula is C11H14N2O4. The van der Waals surface area contributed by atoms with Crippen LogP contribution in [0.4, 0.5) is 0 Å². The summed E-state index contributed by atoms with van der Waals surface area (Å²) in [5.74, 6) is -0.984. The van der Waals surface area contributed by atoms with Crippen LogP contribution < -0.4 is 5.56 Å². The van der Waals surface area contributed by atoms with Gasteiger partial charge in [-0.1, -0.05) is 0 Å². The van der Waals surface area contributed by atoms with Crippen LogP contribution in [0.3, 0.4) is 0 Å². The van der Waals surface area contributed by atoms with Crippen molar-refractivity contribution in [2.45, 2.75) is 26.8 Å². The van der Waals surface area contributed by atoms with Crippen molar-refractivity contribution in [2.24, 2.45) is 0 Å². The van der Waals surface area contributed by atoms with E-state index in [0.29, 0.717) is 5.69 Å². The molecule has 0 N–H and O–H groups in total. The number of aromatic nitrogens is 2. The Morgan fingerprint density at radius 2 is 2.12 bits per heavy atom. The summed E-state index contributed by atoms with van der Waals surface area (Å²) in [4.78, 5) is 33.9. The van der Waals surface area contributed by atoms with E-state index >= 15 is 0 Å². The zero-order valence-electron chi connectivity index (χ0n) is 9.80. The van der Waals surface area contributed by atoms with Gasteiger partial charge in [-0.3, -0.25) is 14.4 Å². The minimum Gasteiger partial charge on any atom is -0.466 e. The van der Waals surface area contributed by atoms with Gasteiger partial charge in [0.15, 0.2) is 5.78 Å². The van der Waals surface area contributed by atoms with Gasteiger partial charge < -0.3 is 4.74 Å². The first-order valence-electron chi connectivity index (χ1n) is 5.25. The fourth-order valence-electron chi connectivity index (χ4n) is 1.26. The van der Waals surface area contributed by atoms with Crippen LogP contribution in [-0.2, 0) is 20.9 Å². The lowest BCUT2D eigenvalue weighted by atomic mass is 10.3. The van der Waals surface area contributed by atoms with E-state index < -0.39 is 11.8 Å².